The number of nitrogens with zero attached hydrogens (tertiary/aromatic N) is 3. The van der Waals surface area contributed by atoms with Gasteiger partial charge in [-0.3, -0.25) is 0 Å². The zero-order chi connectivity index (χ0) is 13.1. The molecule has 0 fully saturated rings. The summed E-state index contributed by atoms with van der Waals surface area (Å²) in [5, 5.41) is 7.89. The molecule has 6 heteroatoms. The zero-order valence-corrected chi connectivity index (χ0v) is 10.3. The molecule has 0 saturated heterocycles. The van der Waals surface area contributed by atoms with E-state index in [9.17, 15) is 4.39 Å². The van der Waals surface area contributed by atoms with E-state index in [1.54, 1.807) is 24.1 Å². The average Bonchev–Trinajstić information content (AvgIpc) is 2.78. The Bertz CT molecular complexity index is 539. The Morgan fingerprint density at radius 2 is 2.28 bits per heavy atom. The fourth-order valence-electron chi connectivity index (χ4n) is 1.64. The van der Waals surface area contributed by atoms with Gasteiger partial charge in [0.15, 0.2) is 0 Å². The smallest absolute Gasteiger partial charge is 0.124 e. The first-order valence-electron chi connectivity index (χ1n) is 5.58. The monoisotopic (exact) mass is 250 g/mol. The van der Waals surface area contributed by atoms with Crippen LogP contribution < -0.4 is 10.5 Å². The van der Waals surface area contributed by atoms with Crippen molar-refractivity contribution in [2.45, 2.75) is 19.5 Å². The molecule has 0 bridgehead atoms. The maximum atomic E-state index is 13.2. The predicted octanol–water partition coefficient (Wildman–Crippen LogP) is 1.49. The van der Waals surface area contributed by atoms with Crippen LogP contribution in [-0.4, -0.2) is 22.1 Å². The third-order valence-electron chi connectivity index (χ3n) is 2.60. The predicted molar refractivity (Wildman–Crippen MR) is 64.7 cm³/mol. The van der Waals surface area contributed by atoms with Crippen molar-refractivity contribution in [3.63, 3.8) is 0 Å². The summed E-state index contributed by atoms with van der Waals surface area (Å²) >= 11 is 0. The standard InChI is InChI=1S/C12H15FN4O/c1-8(14)11-7-17(16-15-11)6-9-5-10(13)3-4-12(9)18-2/h3-5,7-8H,6,14H2,1-2H3. The fraction of sp³-hybridized carbons (Fsp3) is 0.333. The first-order chi connectivity index (χ1) is 8.60. The van der Waals surface area contributed by atoms with Gasteiger partial charge in [0.25, 0.3) is 0 Å². The Morgan fingerprint density at radius 1 is 1.50 bits per heavy atom. The van der Waals surface area contributed by atoms with Crippen molar-refractivity contribution in [2.75, 3.05) is 7.11 Å². The molecule has 2 rings (SSSR count). The SMILES string of the molecule is COc1ccc(F)cc1Cn1cc(C(C)N)nn1. The van der Waals surface area contributed by atoms with Gasteiger partial charge < -0.3 is 10.5 Å². The molecule has 1 atom stereocenters. The van der Waals surface area contributed by atoms with Crippen LogP contribution in [0.1, 0.15) is 24.2 Å². The average molecular weight is 250 g/mol. The number of ether oxygens (including phenoxy) is 1. The molecule has 1 unspecified atom stereocenters. The Kier molecular flexibility index (Phi) is 3.57. The van der Waals surface area contributed by atoms with E-state index in [0.717, 1.165) is 0 Å². The van der Waals surface area contributed by atoms with E-state index < -0.39 is 0 Å². The molecule has 0 aliphatic carbocycles. The van der Waals surface area contributed by atoms with Crippen molar-refractivity contribution in [1.82, 2.24) is 15.0 Å². The topological polar surface area (TPSA) is 66.0 Å². The molecule has 1 aromatic carbocycles. The number of halogens is 1. The molecule has 0 aliphatic heterocycles. The van der Waals surface area contributed by atoms with Gasteiger partial charge in [0.05, 0.1) is 25.5 Å². The lowest BCUT2D eigenvalue weighted by molar-refractivity contribution is 0.405. The van der Waals surface area contributed by atoms with Gasteiger partial charge in [-0.1, -0.05) is 5.21 Å². The van der Waals surface area contributed by atoms with Gasteiger partial charge in [-0.2, -0.15) is 0 Å². The van der Waals surface area contributed by atoms with Gasteiger partial charge in [0.2, 0.25) is 0 Å². The van der Waals surface area contributed by atoms with Crippen molar-refractivity contribution in [2.24, 2.45) is 5.73 Å². The Morgan fingerprint density at radius 3 is 2.89 bits per heavy atom. The quantitative estimate of drug-likeness (QED) is 0.892. The highest BCUT2D eigenvalue weighted by atomic mass is 19.1. The minimum Gasteiger partial charge on any atom is -0.496 e. The van der Waals surface area contributed by atoms with Crippen LogP contribution in [0.2, 0.25) is 0 Å². The summed E-state index contributed by atoms with van der Waals surface area (Å²) in [5.41, 5.74) is 7.11. The molecular formula is C12H15FN4O. The van der Waals surface area contributed by atoms with Gasteiger partial charge in [0, 0.05) is 11.6 Å². The maximum Gasteiger partial charge on any atom is 0.124 e. The van der Waals surface area contributed by atoms with Crippen LogP contribution in [0, 0.1) is 5.82 Å². The zero-order valence-electron chi connectivity index (χ0n) is 10.3. The molecule has 0 radical (unpaired) electrons. The first-order valence-corrected chi connectivity index (χ1v) is 5.58. The second-order valence-corrected chi connectivity index (χ2v) is 4.09. The van der Waals surface area contributed by atoms with Gasteiger partial charge in [-0.25, -0.2) is 9.07 Å². The third-order valence-corrected chi connectivity index (χ3v) is 2.60. The number of hydrogen-bond acceptors (Lipinski definition) is 4. The summed E-state index contributed by atoms with van der Waals surface area (Å²) in [6, 6.07) is 4.20. The van der Waals surface area contributed by atoms with Crippen LogP contribution in [0.4, 0.5) is 4.39 Å². The minimum absolute atomic E-state index is 0.173. The number of nitrogens with two attached hydrogens (primary N) is 1. The molecule has 96 valence electrons. The first kappa shape index (κ1) is 12.5. The molecule has 1 aromatic heterocycles. The van der Waals surface area contributed by atoms with Crippen molar-refractivity contribution >= 4 is 0 Å². The molecule has 2 N–H and O–H groups in total. The van der Waals surface area contributed by atoms with E-state index in [0.29, 0.717) is 23.6 Å². The Balaban J connectivity index is 2.24. The molecule has 0 saturated carbocycles. The number of hydrogen-bond donors (Lipinski definition) is 1. The van der Waals surface area contributed by atoms with Crippen LogP contribution in [0.5, 0.6) is 5.75 Å². The summed E-state index contributed by atoms with van der Waals surface area (Å²) in [6.45, 7) is 2.22. The Hall–Kier alpha value is -1.95. The van der Waals surface area contributed by atoms with Gasteiger partial charge in [-0.15, -0.1) is 5.10 Å². The molecule has 0 aliphatic rings. The number of aromatic nitrogens is 3. The van der Waals surface area contributed by atoms with E-state index >= 15 is 0 Å². The second-order valence-electron chi connectivity index (χ2n) is 4.09. The third kappa shape index (κ3) is 2.65. The number of benzene rings is 1. The molecule has 18 heavy (non-hydrogen) atoms. The summed E-state index contributed by atoms with van der Waals surface area (Å²) in [6.07, 6.45) is 1.75. The largest absolute Gasteiger partial charge is 0.496 e. The fourth-order valence-corrected chi connectivity index (χ4v) is 1.64. The highest BCUT2D eigenvalue weighted by molar-refractivity contribution is 5.34. The van der Waals surface area contributed by atoms with Crippen LogP contribution >= 0.6 is 0 Å². The van der Waals surface area contributed by atoms with E-state index in [-0.39, 0.29) is 11.9 Å². The molecule has 2 aromatic rings. The summed E-state index contributed by atoms with van der Waals surface area (Å²) < 4.78 is 20.0. The molecular weight excluding hydrogens is 235 g/mol. The van der Waals surface area contributed by atoms with Gasteiger partial charge in [0.1, 0.15) is 11.6 Å². The van der Waals surface area contributed by atoms with Crippen molar-refractivity contribution in [1.29, 1.82) is 0 Å². The van der Waals surface area contributed by atoms with E-state index in [2.05, 4.69) is 10.3 Å². The summed E-state index contributed by atoms with van der Waals surface area (Å²) in [7, 11) is 1.55. The van der Waals surface area contributed by atoms with Crippen molar-refractivity contribution in [3.05, 3.63) is 41.5 Å². The lowest BCUT2D eigenvalue weighted by Crippen LogP contribution is -2.05. The minimum atomic E-state index is -0.307. The van der Waals surface area contributed by atoms with Gasteiger partial charge >= 0.3 is 0 Å². The van der Waals surface area contributed by atoms with Crippen molar-refractivity contribution in [3.8, 4) is 5.75 Å². The molecule has 5 nitrogen and oxygen atoms in total. The summed E-state index contributed by atoms with van der Waals surface area (Å²) in [4.78, 5) is 0. The molecule has 0 amide bonds. The van der Waals surface area contributed by atoms with Crippen LogP contribution in [-0.2, 0) is 6.54 Å². The number of methoxy groups -OCH3 is 1. The van der Waals surface area contributed by atoms with Gasteiger partial charge in [-0.05, 0) is 25.1 Å². The molecule has 1 heterocycles. The Labute approximate surface area is 104 Å². The van der Waals surface area contributed by atoms with Crippen LogP contribution in [0.25, 0.3) is 0 Å². The van der Waals surface area contributed by atoms with E-state index in [1.165, 1.54) is 12.1 Å². The second kappa shape index (κ2) is 5.14. The maximum absolute atomic E-state index is 13.2. The van der Waals surface area contributed by atoms with E-state index in [1.807, 2.05) is 6.92 Å². The van der Waals surface area contributed by atoms with Crippen LogP contribution in [0.15, 0.2) is 24.4 Å². The number of rotatable bonds is 4. The lowest BCUT2D eigenvalue weighted by Gasteiger charge is -2.08. The molecule has 0 spiro atoms. The van der Waals surface area contributed by atoms with E-state index in [4.69, 9.17) is 10.5 Å². The summed E-state index contributed by atoms with van der Waals surface area (Å²) in [5.74, 6) is 0.313. The highest BCUT2D eigenvalue weighted by Crippen LogP contribution is 2.20. The highest BCUT2D eigenvalue weighted by Gasteiger charge is 2.09. The lowest BCUT2D eigenvalue weighted by atomic mass is 10.2. The normalized spacial score (nSPS) is 12.4. The van der Waals surface area contributed by atoms with Crippen LogP contribution in [0.3, 0.4) is 0 Å². The van der Waals surface area contributed by atoms with Crippen molar-refractivity contribution < 1.29 is 9.13 Å².